The molecule has 9 nitrogen and oxygen atoms in total. The summed E-state index contributed by atoms with van der Waals surface area (Å²) in [5, 5.41) is 11.6. The Balaban J connectivity index is 1.72. The molecule has 0 bridgehead atoms. The predicted molar refractivity (Wildman–Crippen MR) is 152 cm³/mol. The number of ether oxygens (including phenoxy) is 4. The number of aliphatic hydroxyl groups is 1. The average molecular weight is 553 g/mol. The lowest BCUT2D eigenvalue weighted by molar-refractivity contribution is -0.140. The van der Waals surface area contributed by atoms with E-state index in [1.165, 1.54) is 7.11 Å². The van der Waals surface area contributed by atoms with Crippen molar-refractivity contribution in [2.24, 2.45) is 5.92 Å². The molecule has 2 aliphatic heterocycles. The van der Waals surface area contributed by atoms with Gasteiger partial charge >= 0.3 is 0 Å². The zero-order chi connectivity index (χ0) is 28.8. The van der Waals surface area contributed by atoms with Gasteiger partial charge in [-0.1, -0.05) is 19.9 Å². The van der Waals surface area contributed by atoms with E-state index in [0.29, 0.717) is 67.1 Å². The number of carbonyl (C=O) groups is 2. The third-order valence-corrected chi connectivity index (χ3v) is 7.28. The van der Waals surface area contributed by atoms with E-state index in [-0.39, 0.29) is 11.3 Å². The van der Waals surface area contributed by atoms with Gasteiger partial charge in [0.25, 0.3) is 11.7 Å². The molecule has 0 saturated carbocycles. The largest absolute Gasteiger partial charge is 0.507 e. The van der Waals surface area contributed by atoms with Gasteiger partial charge in [-0.05, 0) is 60.7 Å². The first-order valence-corrected chi connectivity index (χ1v) is 13.8. The van der Waals surface area contributed by atoms with Gasteiger partial charge in [-0.2, -0.15) is 0 Å². The lowest BCUT2D eigenvalue weighted by atomic mass is 9.93. The van der Waals surface area contributed by atoms with Gasteiger partial charge in [-0.15, -0.1) is 0 Å². The summed E-state index contributed by atoms with van der Waals surface area (Å²) in [7, 11) is 3.08. The summed E-state index contributed by atoms with van der Waals surface area (Å²) in [6.45, 7) is 10.8. The number of aliphatic hydroxyl groups excluding tert-OH is 1. The van der Waals surface area contributed by atoms with Crippen LogP contribution in [0.15, 0.2) is 42.0 Å². The van der Waals surface area contributed by atoms with Gasteiger partial charge in [-0.25, -0.2) is 0 Å². The SMILES string of the molecule is COc1ccc(C2/C(=C(\O)c3ccc(OCC(C)C)cc3C)C(=O)C(=O)N2CCCN2CCOCC2)cc1OC. The molecule has 2 aromatic rings. The van der Waals surface area contributed by atoms with Crippen LogP contribution in [-0.4, -0.2) is 86.8 Å². The number of likely N-dealkylation sites (tertiary alicyclic amines) is 1. The molecule has 0 aromatic heterocycles. The summed E-state index contributed by atoms with van der Waals surface area (Å²) < 4.78 is 22.2. The van der Waals surface area contributed by atoms with E-state index in [1.54, 1.807) is 42.3 Å². The molecule has 2 heterocycles. The number of hydrogen-bond donors (Lipinski definition) is 1. The van der Waals surface area contributed by atoms with Gasteiger partial charge < -0.3 is 29.0 Å². The van der Waals surface area contributed by atoms with Crippen LogP contribution in [0.1, 0.15) is 43.0 Å². The van der Waals surface area contributed by atoms with Crippen LogP contribution >= 0.6 is 0 Å². The minimum Gasteiger partial charge on any atom is -0.507 e. The monoisotopic (exact) mass is 552 g/mol. The number of methoxy groups -OCH3 is 2. The maximum absolute atomic E-state index is 13.5. The van der Waals surface area contributed by atoms with Crippen molar-refractivity contribution in [2.45, 2.75) is 33.2 Å². The van der Waals surface area contributed by atoms with Gasteiger partial charge in [0.1, 0.15) is 11.5 Å². The highest BCUT2D eigenvalue weighted by Gasteiger charge is 2.46. The fourth-order valence-electron chi connectivity index (χ4n) is 5.17. The number of morpholine rings is 1. The molecule has 1 amide bonds. The van der Waals surface area contributed by atoms with Crippen LogP contribution in [0.3, 0.4) is 0 Å². The highest BCUT2D eigenvalue weighted by Crippen LogP contribution is 2.42. The van der Waals surface area contributed by atoms with Crippen molar-refractivity contribution in [2.75, 3.05) is 60.2 Å². The first kappa shape index (κ1) is 29.4. The van der Waals surface area contributed by atoms with Crippen molar-refractivity contribution in [1.82, 2.24) is 9.80 Å². The number of ketones is 1. The van der Waals surface area contributed by atoms with Crippen molar-refractivity contribution in [1.29, 1.82) is 0 Å². The molecule has 2 fully saturated rings. The Morgan fingerprint density at radius 1 is 1.02 bits per heavy atom. The molecule has 9 heteroatoms. The molecule has 1 atom stereocenters. The number of hydrogen-bond acceptors (Lipinski definition) is 8. The second kappa shape index (κ2) is 13.2. The fraction of sp³-hybridized carbons (Fsp3) is 0.484. The van der Waals surface area contributed by atoms with Gasteiger partial charge in [0, 0.05) is 31.7 Å². The van der Waals surface area contributed by atoms with Gasteiger partial charge in [-0.3, -0.25) is 14.5 Å². The van der Waals surface area contributed by atoms with Crippen molar-refractivity contribution in [3.63, 3.8) is 0 Å². The van der Waals surface area contributed by atoms with Gasteiger partial charge in [0.05, 0.1) is 45.7 Å². The number of carbonyl (C=O) groups excluding carboxylic acids is 2. The maximum Gasteiger partial charge on any atom is 0.295 e. The quantitative estimate of drug-likeness (QED) is 0.252. The van der Waals surface area contributed by atoms with Crippen molar-refractivity contribution in [3.8, 4) is 17.2 Å². The molecule has 2 aliphatic rings. The fourth-order valence-corrected chi connectivity index (χ4v) is 5.17. The maximum atomic E-state index is 13.5. The third-order valence-electron chi connectivity index (χ3n) is 7.28. The smallest absolute Gasteiger partial charge is 0.295 e. The normalized spacial score (nSPS) is 19.4. The molecule has 1 N–H and O–H groups in total. The number of Topliss-reactive ketones (excluding diaryl/α,β-unsaturated/α-hetero) is 1. The summed E-state index contributed by atoms with van der Waals surface area (Å²) >= 11 is 0. The van der Waals surface area contributed by atoms with Gasteiger partial charge in [0.15, 0.2) is 11.5 Å². The van der Waals surface area contributed by atoms with E-state index in [9.17, 15) is 14.7 Å². The zero-order valence-electron chi connectivity index (χ0n) is 24.1. The lowest BCUT2D eigenvalue weighted by Gasteiger charge is -2.29. The van der Waals surface area contributed by atoms with E-state index in [4.69, 9.17) is 18.9 Å². The molecule has 4 rings (SSSR count). The molecule has 1 unspecified atom stereocenters. The molecular formula is C31H40N2O7. The van der Waals surface area contributed by atoms with E-state index in [1.807, 2.05) is 13.0 Å². The van der Waals surface area contributed by atoms with Crippen LogP contribution in [0.2, 0.25) is 0 Å². The van der Waals surface area contributed by atoms with E-state index < -0.39 is 17.7 Å². The minimum absolute atomic E-state index is 0.0579. The third kappa shape index (κ3) is 6.42. The predicted octanol–water partition coefficient (Wildman–Crippen LogP) is 4.19. The Bertz CT molecular complexity index is 1250. The summed E-state index contributed by atoms with van der Waals surface area (Å²) in [6.07, 6.45) is 0.678. The number of benzene rings is 2. The Labute approximate surface area is 236 Å². The first-order valence-electron chi connectivity index (χ1n) is 13.8. The van der Waals surface area contributed by atoms with Crippen LogP contribution in [0, 0.1) is 12.8 Å². The molecule has 0 aliphatic carbocycles. The zero-order valence-corrected chi connectivity index (χ0v) is 24.1. The molecule has 2 saturated heterocycles. The standard InChI is InChI=1S/C31H40N2O7/c1-20(2)19-40-23-8-9-24(21(3)17-23)29(34)27-28(22-7-10-25(37-4)26(18-22)38-5)33(31(36)30(27)35)12-6-11-32-13-15-39-16-14-32/h7-10,17-18,20,28,34H,6,11-16,19H2,1-5H3/b29-27+. The van der Waals surface area contributed by atoms with Crippen LogP contribution < -0.4 is 14.2 Å². The van der Waals surface area contributed by atoms with Crippen molar-refractivity contribution in [3.05, 3.63) is 58.7 Å². The molecule has 0 radical (unpaired) electrons. The van der Waals surface area contributed by atoms with E-state index in [2.05, 4.69) is 18.7 Å². The Morgan fingerprint density at radius 3 is 2.40 bits per heavy atom. The first-order chi connectivity index (χ1) is 19.2. The van der Waals surface area contributed by atoms with Crippen molar-refractivity contribution >= 4 is 17.4 Å². The topological polar surface area (TPSA) is 97.8 Å². The van der Waals surface area contributed by atoms with Crippen LogP contribution in [0.4, 0.5) is 0 Å². The van der Waals surface area contributed by atoms with Gasteiger partial charge in [0.2, 0.25) is 0 Å². The highest BCUT2D eigenvalue weighted by molar-refractivity contribution is 6.46. The van der Waals surface area contributed by atoms with Crippen LogP contribution in [0.25, 0.3) is 5.76 Å². The van der Waals surface area contributed by atoms with E-state index >= 15 is 0 Å². The van der Waals surface area contributed by atoms with Crippen LogP contribution in [0.5, 0.6) is 17.2 Å². The molecular weight excluding hydrogens is 512 g/mol. The average Bonchev–Trinajstić information content (AvgIpc) is 3.21. The molecule has 40 heavy (non-hydrogen) atoms. The number of nitrogens with zero attached hydrogens (tertiary/aromatic N) is 2. The number of rotatable bonds is 11. The molecule has 2 aromatic carbocycles. The number of amides is 1. The van der Waals surface area contributed by atoms with Crippen molar-refractivity contribution < 1.29 is 33.6 Å². The second-order valence-electron chi connectivity index (χ2n) is 10.6. The lowest BCUT2D eigenvalue weighted by Crippen LogP contribution is -2.39. The highest BCUT2D eigenvalue weighted by atomic mass is 16.5. The Morgan fingerprint density at radius 2 is 1.75 bits per heavy atom. The molecule has 0 spiro atoms. The summed E-state index contributed by atoms with van der Waals surface area (Å²) in [6, 6.07) is 9.87. The summed E-state index contributed by atoms with van der Waals surface area (Å²) in [5.41, 5.74) is 1.93. The summed E-state index contributed by atoms with van der Waals surface area (Å²) in [5.74, 6) is 0.518. The molecule has 216 valence electrons. The second-order valence-corrected chi connectivity index (χ2v) is 10.6. The van der Waals surface area contributed by atoms with E-state index in [0.717, 1.165) is 25.2 Å². The Hall–Kier alpha value is -3.56. The summed E-state index contributed by atoms with van der Waals surface area (Å²) in [4.78, 5) is 30.8. The minimum atomic E-state index is -0.777. The number of aryl methyl sites for hydroxylation is 1. The van der Waals surface area contributed by atoms with Crippen LogP contribution in [-0.2, 0) is 14.3 Å². The Kier molecular flexibility index (Phi) is 9.71.